The van der Waals surface area contributed by atoms with Crippen molar-refractivity contribution in [2.75, 3.05) is 20.1 Å². The second-order valence-corrected chi connectivity index (χ2v) is 5.55. The van der Waals surface area contributed by atoms with Gasteiger partial charge in [0.05, 0.1) is 12.2 Å². The summed E-state index contributed by atoms with van der Waals surface area (Å²) in [4.78, 5) is 25.9. The molecule has 0 aromatic carbocycles. The molecule has 0 radical (unpaired) electrons. The van der Waals surface area contributed by atoms with Gasteiger partial charge in [-0.25, -0.2) is 9.59 Å². The third kappa shape index (κ3) is 2.98. The van der Waals surface area contributed by atoms with Gasteiger partial charge in [0, 0.05) is 26.6 Å². The standard InChI is InChI=1S/C12H20N2O5/c1-13(5-7-2-8(15)3-7)12(19)14-6-9(16)4-10(14)11(17)18/h7-10,15-16H,2-6H2,1H3,(H,17,18). The Morgan fingerprint density at radius 2 is 1.84 bits per heavy atom. The fourth-order valence-electron chi connectivity index (χ4n) is 2.79. The lowest BCUT2D eigenvalue weighted by Crippen LogP contribution is -2.49. The molecule has 7 nitrogen and oxygen atoms in total. The Bertz CT molecular complexity index is 369. The van der Waals surface area contributed by atoms with Crippen LogP contribution in [0.15, 0.2) is 0 Å². The first kappa shape index (κ1) is 14.1. The molecule has 1 aliphatic carbocycles. The van der Waals surface area contributed by atoms with Crippen LogP contribution < -0.4 is 0 Å². The maximum Gasteiger partial charge on any atom is 0.326 e. The van der Waals surface area contributed by atoms with E-state index >= 15 is 0 Å². The van der Waals surface area contributed by atoms with Crippen LogP contribution in [-0.4, -0.2) is 75.5 Å². The average Bonchev–Trinajstić information content (AvgIpc) is 2.68. The van der Waals surface area contributed by atoms with Gasteiger partial charge in [-0.15, -0.1) is 0 Å². The highest BCUT2D eigenvalue weighted by Crippen LogP contribution is 2.28. The fraction of sp³-hybridized carbons (Fsp3) is 0.833. The van der Waals surface area contributed by atoms with E-state index in [-0.39, 0.29) is 31.0 Å². The van der Waals surface area contributed by atoms with E-state index in [1.165, 1.54) is 9.80 Å². The van der Waals surface area contributed by atoms with Crippen LogP contribution in [0, 0.1) is 5.92 Å². The van der Waals surface area contributed by atoms with Crippen LogP contribution in [-0.2, 0) is 4.79 Å². The van der Waals surface area contributed by atoms with Crippen molar-refractivity contribution in [1.29, 1.82) is 0 Å². The van der Waals surface area contributed by atoms with E-state index < -0.39 is 18.1 Å². The third-order valence-corrected chi connectivity index (χ3v) is 3.88. The molecule has 3 N–H and O–H groups in total. The molecule has 19 heavy (non-hydrogen) atoms. The molecule has 1 saturated heterocycles. The third-order valence-electron chi connectivity index (χ3n) is 3.88. The van der Waals surface area contributed by atoms with E-state index in [1.54, 1.807) is 7.05 Å². The molecule has 2 amide bonds. The summed E-state index contributed by atoms with van der Waals surface area (Å²) in [7, 11) is 1.62. The molecular formula is C12H20N2O5. The van der Waals surface area contributed by atoms with E-state index in [2.05, 4.69) is 0 Å². The quantitative estimate of drug-likeness (QED) is 0.632. The molecule has 2 aliphatic rings. The molecule has 0 bridgehead atoms. The number of aliphatic hydroxyl groups is 2. The van der Waals surface area contributed by atoms with Crippen molar-refractivity contribution >= 4 is 12.0 Å². The Kier molecular flexibility index (Phi) is 3.96. The predicted octanol–water partition coefficient (Wildman–Crippen LogP) is -0.671. The Balaban J connectivity index is 1.92. The number of β-amino-alcohol motifs (C(OH)–C–C–N with tert-alkyl or cyclic N) is 1. The number of aliphatic hydroxyl groups excluding tert-OH is 2. The zero-order chi connectivity index (χ0) is 14.2. The summed E-state index contributed by atoms with van der Waals surface area (Å²) in [6.45, 7) is 0.572. The lowest BCUT2D eigenvalue weighted by Gasteiger charge is -2.36. The molecule has 1 saturated carbocycles. The van der Waals surface area contributed by atoms with Crippen molar-refractivity contribution in [3.05, 3.63) is 0 Å². The maximum atomic E-state index is 12.2. The Morgan fingerprint density at radius 3 is 2.37 bits per heavy atom. The van der Waals surface area contributed by atoms with Crippen LogP contribution in [0.4, 0.5) is 4.79 Å². The molecule has 2 unspecified atom stereocenters. The summed E-state index contributed by atoms with van der Waals surface area (Å²) in [5, 5.41) is 27.8. The molecule has 2 fully saturated rings. The van der Waals surface area contributed by atoms with Gasteiger partial charge in [-0.1, -0.05) is 0 Å². The Hall–Kier alpha value is -1.34. The highest BCUT2D eigenvalue weighted by atomic mass is 16.4. The van der Waals surface area contributed by atoms with E-state index in [1.807, 2.05) is 0 Å². The lowest BCUT2D eigenvalue weighted by atomic mass is 9.82. The number of carbonyl (C=O) groups excluding carboxylic acids is 1. The van der Waals surface area contributed by atoms with Crippen molar-refractivity contribution in [3.8, 4) is 0 Å². The molecule has 108 valence electrons. The number of hydrogen-bond acceptors (Lipinski definition) is 4. The van der Waals surface area contributed by atoms with Gasteiger partial charge in [0.15, 0.2) is 0 Å². The summed E-state index contributed by atoms with van der Waals surface area (Å²) in [6.07, 6.45) is 0.403. The topological polar surface area (TPSA) is 101 Å². The SMILES string of the molecule is CN(CC1CC(O)C1)C(=O)N1CC(O)CC1C(=O)O. The number of urea groups is 1. The average molecular weight is 272 g/mol. The van der Waals surface area contributed by atoms with Crippen LogP contribution in [0.3, 0.4) is 0 Å². The van der Waals surface area contributed by atoms with Crippen molar-refractivity contribution in [3.63, 3.8) is 0 Å². The van der Waals surface area contributed by atoms with E-state index in [0.717, 1.165) is 0 Å². The van der Waals surface area contributed by atoms with Crippen LogP contribution in [0.1, 0.15) is 19.3 Å². The molecule has 2 atom stereocenters. The van der Waals surface area contributed by atoms with E-state index in [0.29, 0.717) is 19.4 Å². The first-order valence-electron chi connectivity index (χ1n) is 6.49. The molecule has 0 spiro atoms. The monoisotopic (exact) mass is 272 g/mol. The van der Waals surface area contributed by atoms with Crippen molar-refractivity contribution < 1.29 is 24.9 Å². The fourth-order valence-corrected chi connectivity index (χ4v) is 2.79. The van der Waals surface area contributed by atoms with Crippen molar-refractivity contribution in [2.24, 2.45) is 5.92 Å². The molecule has 1 aliphatic heterocycles. The molecule has 2 rings (SSSR count). The van der Waals surface area contributed by atoms with E-state index in [4.69, 9.17) is 5.11 Å². The smallest absolute Gasteiger partial charge is 0.326 e. The molecule has 7 heteroatoms. The Labute approximate surface area is 111 Å². The van der Waals surface area contributed by atoms with Crippen LogP contribution in [0.2, 0.25) is 0 Å². The molecular weight excluding hydrogens is 252 g/mol. The zero-order valence-corrected chi connectivity index (χ0v) is 10.9. The highest BCUT2D eigenvalue weighted by Gasteiger charge is 2.40. The van der Waals surface area contributed by atoms with Gasteiger partial charge in [0.1, 0.15) is 6.04 Å². The van der Waals surface area contributed by atoms with Gasteiger partial charge >= 0.3 is 12.0 Å². The summed E-state index contributed by atoms with van der Waals surface area (Å²) in [5.74, 6) is -0.808. The number of carboxylic acid groups (broad SMARTS) is 1. The summed E-state index contributed by atoms with van der Waals surface area (Å²) < 4.78 is 0. The maximum absolute atomic E-state index is 12.2. The number of carboxylic acids is 1. The minimum Gasteiger partial charge on any atom is -0.480 e. The molecule has 0 aromatic heterocycles. The number of hydrogen-bond donors (Lipinski definition) is 3. The van der Waals surface area contributed by atoms with Gasteiger partial charge in [-0.2, -0.15) is 0 Å². The van der Waals surface area contributed by atoms with Crippen molar-refractivity contribution in [2.45, 2.75) is 37.5 Å². The largest absolute Gasteiger partial charge is 0.480 e. The Morgan fingerprint density at radius 1 is 1.21 bits per heavy atom. The number of amides is 2. The normalized spacial score (nSPS) is 33.9. The van der Waals surface area contributed by atoms with E-state index in [9.17, 15) is 19.8 Å². The van der Waals surface area contributed by atoms with Gasteiger partial charge < -0.3 is 25.1 Å². The van der Waals surface area contributed by atoms with Crippen molar-refractivity contribution in [1.82, 2.24) is 9.80 Å². The van der Waals surface area contributed by atoms with Crippen LogP contribution in [0.25, 0.3) is 0 Å². The minimum atomic E-state index is -1.09. The number of carbonyl (C=O) groups is 2. The van der Waals surface area contributed by atoms with Crippen LogP contribution >= 0.6 is 0 Å². The van der Waals surface area contributed by atoms with Gasteiger partial charge in [0.25, 0.3) is 0 Å². The summed E-state index contributed by atoms with van der Waals surface area (Å²) >= 11 is 0. The number of nitrogens with zero attached hydrogens (tertiary/aromatic N) is 2. The number of aliphatic carboxylic acids is 1. The summed E-state index contributed by atoms with van der Waals surface area (Å²) in [6, 6.07) is -1.32. The molecule has 1 heterocycles. The zero-order valence-electron chi connectivity index (χ0n) is 10.9. The minimum absolute atomic E-state index is 0.0629. The first-order valence-corrected chi connectivity index (χ1v) is 6.49. The number of rotatable bonds is 3. The summed E-state index contributed by atoms with van der Waals surface area (Å²) in [5.41, 5.74) is 0. The van der Waals surface area contributed by atoms with Crippen LogP contribution in [0.5, 0.6) is 0 Å². The predicted molar refractivity (Wildman–Crippen MR) is 65.5 cm³/mol. The van der Waals surface area contributed by atoms with Gasteiger partial charge in [-0.05, 0) is 18.8 Å². The second kappa shape index (κ2) is 5.34. The lowest BCUT2D eigenvalue weighted by molar-refractivity contribution is -0.141. The number of likely N-dealkylation sites (tertiary alicyclic amines) is 1. The first-order chi connectivity index (χ1) is 8.88. The molecule has 0 aromatic rings. The van der Waals surface area contributed by atoms with Gasteiger partial charge in [-0.3, -0.25) is 0 Å². The highest BCUT2D eigenvalue weighted by molar-refractivity contribution is 5.83. The second-order valence-electron chi connectivity index (χ2n) is 5.55. The van der Waals surface area contributed by atoms with Gasteiger partial charge in [0.2, 0.25) is 0 Å².